The molecule has 1 aliphatic rings. The largest absolute Gasteiger partial charge is 0.370 e. The van der Waals surface area contributed by atoms with Gasteiger partial charge in [-0.1, -0.05) is 0 Å². The van der Waals surface area contributed by atoms with Crippen molar-refractivity contribution in [3.8, 4) is 0 Å². The first-order valence-corrected chi connectivity index (χ1v) is 6.53. The molecular weight excluding hydrogens is 242 g/mol. The van der Waals surface area contributed by atoms with Gasteiger partial charge in [-0.15, -0.1) is 0 Å². The smallest absolute Gasteiger partial charge is 0.252 e. The summed E-state index contributed by atoms with van der Waals surface area (Å²) < 4.78 is 1.78. The Morgan fingerprint density at radius 3 is 3.05 bits per heavy atom. The van der Waals surface area contributed by atoms with Gasteiger partial charge >= 0.3 is 0 Å². The molecule has 0 amide bonds. The van der Waals surface area contributed by atoms with E-state index in [1.807, 2.05) is 19.4 Å². The molecule has 3 rings (SSSR count). The number of nitrogens with zero attached hydrogens (tertiary/aromatic N) is 3. The number of hydrogen-bond donors (Lipinski definition) is 2. The molecule has 6 nitrogen and oxygen atoms in total. The molecule has 0 atom stereocenters. The Bertz CT molecular complexity index is 626. The molecule has 0 radical (unpaired) electrons. The molecule has 1 aliphatic carbocycles. The minimum atomic E-state index is -0.0826. The van der Waals surface area contributed by atoms with Crippen LogP contribution >= 0.6 is 0 Å². The maximum Gasteiger partial charge on any atom is 0.252 e. The Kier molecular flexibility index (Phi) is 3.06. The number of H-pyrrole nitrogens is 1. The fourth-order valence-corrected chi connectivity index (χ4v) is 2.05. The van der Waals surface area contributed by atoms with Crippen LogP contribution in [0.5, 0.6) is 0 Å². The van der Waals surface area contributed by atoms with Crippen LogP contribution in [0.15, 0.2) is 23.3 Å². The van der Waals surface area contributed by atoms with E-state index in [1.165, 1.54) is 11.6 Å². The monoisotopic (exact) mass is 259 g/mol. The molecule has 0 aliphatic heterocycles. The van der Waals surface area contributed by atoms with Crippen molar-refractivity contribution in [2.75, 3.05) is 11.9 Å². The van der Waals surface area contributed by atoms with E-state index in [1.54, 1.807) is 4.68 Å². The minimum Gasteiger partial charge on any atom is -0.370 e. The van der Waals surface area contributed by atoms with Crippen LogP contribution < -0.4 is 10.9 Å². The average Bonchev–Trinajstić information content (AvgIpc) is 3.13. The van der Waals surface area contributed by atoms with E-state index in [2.05, 4.69) is 20.4 Å². The van der Waals surface area contributed by atoms with Gasteiger partial charge in [0.05, 0.1) is 6.20 Å². The molecule has 0 aromatic carbocycles. The summed E-state index contributed by atoms with van der Waals surface area (Å²) in [5.41, 5.74) is 1.09. The van der Waals surface area contributed by atoms with E-state index < -0.39 is 0 Å². The molecule has 19 heavy (non-hydrogen) atoms. The summed E-state index contributed by atoms with van der Waals surface area (Å²) in [7, 11) is 1.90. The van der Waals surface area contributed by atoms with Crippen molar-refractivity contribution in [2.45, 2.75) is 25.2 Å². The average molecular weight is 259 g/mol. The Hall–Kier alpha value is -2.11. The third kappa shape index (κ3) is 3.01. The van der Waals surface area contributed by atoms with Crippen molar-refractivity contribution in [1.82, 2.24) is 19.7 Å². The summed E-state index contributed by atoms with van der Waals surface area (Å²) >= 11 is 0. The molecule has 100 valence electrons. The maximum absolute atomic E-state index is 11.5. The molecule has 2 N–H and O–H groups in total. The highest BCUT2D eigenvalue weighted by atomic mass is 16.1. The normalized spacial score (nSPS) is 14.6. The lowest BCUT2D eigenvalue weighted by atomic mass is 10.2. The van der Waals surface area contributed by atoms with Gasteiger partial charge in [-0.3, -0.25) is 9.48 Å². The van der Waals surface area contributed by atoms with Crippen molar-refractivity contribution in [1.29, 1.82) is 0 Å². The first-order valence-electron chi connectivity index (χ1n) is 6.53. The van der Waals surface area contributed by atoms with Gasteiger partial charge in [0.1, 0.15) is 11.6 Å². The zero-order valence-electron chi connectivity index (χ0n) is 10.9. The third-order valence-electron chi connectivity index (χ3n) is 3.20. The van der Waals surface area contributed by atoms with Gasteiger partial charge in [-0.2, -0.15) is 5.10 Å². The number of anilines is 1. The molecule has 2 aromatic heterocycles. The van der Waals surface area contributed by atoms with Crippen LogP contribution in [-0.2, 0) is 13.5 Å². The standard InChI is InChI=1S/C13H17N5O/c1-18-8-9(7-15-18)4-5-14-11-6-12(19)17-13(16-11)10-2-3-10/h6-8,10H,2-5H2,1H3,(H2,14,16,17,19). The predicted octanol–water partition coefficient (Wildman–Crippen LogP) is 1.04. The molecule has 0 saturated heterocycles. The van der Waals surface area contributed by atoms with Crippen LogP contribution in [0.25, 0.3) is 0 Å². The van der Waals surface area contributed by atoms with Gasteiger partial charge in [0.25, 0.3) is 5.56 Å². The number of aromatic nitrogens is 4. The second kappa shape index (κ2) is 4.87. The Morgan fingerprint density at radius 1 is 1.53 bits per heavy atom. The van der Waals surface area contributed by atoms with Crippen molar-refractivity contribution in [3.63, 3.8) is 0 Å². The van der Waals surface area contributed by atoms with Crippen molar-refractivity contribution in [2.24, 2.45) is 7.05 Å². The molecule has 2 heterocycles. The van der Waals surface area contributed by atoms with E-state index >= 15 is 0 Å². The summed E-state index contributed by atoms with van der Waals surface area (Å²) in [4.78, 5) is 18.8. The second-order valence-corrected chi connectivity index (χ2v) is 4.99. The Labute approximate surface area is 110 Å². The van der Waals surface area contributed by atoms with Crippen LogP contribution in [0.4, 0.5) is 5.82 Å². The summed E-state index contributed by atoms with van der Waals surface area (Å²) in [6.07, 6.45) is 6.95. The SMILES string of the molecule is Cn1cc(CCNc2cc(=O)[nH]c(C3CC3)n2)cn1. The van der Waals surface area contributed by atoms with Gasteiger partial charge in [-0.25, -0.2) is 4.98 Å². The summed E-state index contributed by atoms with van der Waals surface area (Å²) in [6, 6.07) is 1.51. The molecule has 1 saturated carbocycles. The van der Waals surface area contributed by atoms with E-state index in [-0.39, 0.29) is 5.56 Å². The van der Waals surface area contributed by atoms with Gasteiger partial charge in [0.15, 0.2) is 0 Å². The highest BCUT2D eigenvalue weighted by molar-refractivity contribution is 5.34. The van der Waals surface area contributed by atoms with Crippen LogP contribution in [0.1, 0.15) is 30.1 Å². The zero-order valence-corrected chi connectivity index (χ0v) is 10.9. The third-order valence-corrected chi connectivity index (χ3v) is 3.20. The van der Waals surface area contributed by atoms with Crippen LogP contribution in [0.2, 0.25) is 0 Å². The first kappa shape index (κ1) is 12.0. The lowest BCUT2D eigenvalue weighted by molar-refractivity contribution is 0.766. The Morgan fingerprint density at radius 2 is 2.37 bits per heavy atom. The van der Waals surface area contributed by atoms with Crippen LogP contribution in [0, 0.1) is 0 Å². The lowest BCUT2D eigenvalue weighted by Gasteiger charge is -2.05. The van der Waals surface area contributed by atoms with Gasteiger partial charge in [-0.05, 0) is 24.8 Å². The van der Waals surface area contributed by atoms with Crippen molar-refractivity contribution in [3.05, 3.63) is 40.2 Å². The molecule has 1 fully saturated rings. The number of nitrogens with one attached hydrogen (secondary N) is 2. The van der Waals surface area contributed by atoms with E-state index in [9.17, 15) is 4.79 Å². The number of aromatic amines is 1. The predicted molar refractivity (Wildman–Crippen MR) is 72.2 cm³/mol. The highest BCUT2D eigenvalue weighted by Crippen LogP contribution is 2.37. The molecule has 0 spiro atoms. The van der Waals surface area contributed by atoms with Gasteiger partial charge < -0.3 is 10.3 Å². The maximum atomic E-state index is 11.5. The number of aryl methyl sites for hydroxylation is 1. The van der Waals surface area contributed by atoms with Gasteiger partial charge in [0, 0.05) is 31.8 Å². The van der Waals surface area contributed by atoms with E-state index in [0.717, 1.165) is 31.6 Å². The highest BCUT2D eigenvalue weighted by Gasteiger charge is 2.26. The quantitative estimate of drug-likeness (QED) is 0.841. The molecule has 6 heteroatoms. The lowest BCUT2D eigenvalue weighted by Crippen LogP contribution is -2.14. The van der Waals surface area contributed by atoms with Gasteiger partial charge in [0.2, 0.25) is 0 Å². The summed E-state index contributed by atoms with van der Waals surface area (Å²) in [5, 5.41) is 7.32. The second-order valence-electron chi connectivity index (χ2n) is 4.99. The minimum absolute atomic E-state index is 0.0826. The molecule has 0 bridgehead atoms. The molecular formula is C13H17N5O. The van der Waals surface area contributed by atoms with Crippen molar-refractivity contribution < 1.29 is 0 Å². The number of hydrogen-bond acceptors (Lipinski definition) is 4. The van der Waals surface area contributed by atoms with Crippen molar-refractivity contribution >= 4 is 5.82 Å². The fraction of sp³-hybridized carbons (Fsp3) is 0.462. The fourth-order valence-electron chi connectivity index (χ4n) is 2.05. The first-order chi connectivity index (χ1) is 9.20. The molecule has 0 unspecified atom stereocenters. The molecule has 2 aromatic rings. The van der Waals surface area contributed by atoms with E-state index in [0.29, 0.717) is 11.7 Å². The van der Waals surface area contributed by atoms with Crippen LogP contribution in [0.3, 0.4) is 0 Å². The number of rotatable bonds is 5. The Balaban J connectivity index is 1.61. The topological polar surface area (TPSA) is 75.6 Å². The van der Waals surface area contributed by atoms with Crippen LogP contribution in [-0.4, -0.2) is 26.3 Å². The van der Waals surface area contributed by atoms with E-state index in [4.69, 9.17) is 0 Å². The summed E-state index contributed by atoms with van der Waals surface area (Å²) in [6.45, 7) is 0.742. The zero-order chi connectivity index (χ0) is 13.2. The summed E-state index contributed by atoms with van der Waals surface area (Å²) in [5.74, 6) is 1.93.